The molecule has 35 heavy (non-hydrogen) atoms. The van der Waals surface area contributed by atoms with Crippen molar-refractivity contribution >= 4 is 11.6 Å². The van der Waals surface area contributed by atoms with Crippen molar-refractivity contribution in [2.24, 2.45) is 40.1 Å². The molecule has 1 amide bonds. The highest BCUT2D eigenvalue weighted by atomic mass is 16.5. The summed E-state index contributed by atoms with van der Waals surface area (Å²) in [4.78, 5) is 16.1. The van der Waals surface area contributed by atoms with Gasteiger partial charge in [0.15, 0.2) is 11.5 Å². The third kappa shape index (κ3) is 2.98. The van der Waals surface area contributed by atoms with Crippen molar-refractivity contribution in [1.29, 1.82) is 0 Å². The SMILES string of the molecule is COc1ccc([C@@]23CC/C(=N\NC(=O)C45CC6CC7CC(C4)C(C6)C75)C[C@@H]2N(C)CC3)cc1OC. The molecule has 1 heterocycles. The van der Waals surface area contributed by atoms with Crippen LogP contribution in [0.1, 0.15) is 63.4 Å². The molecule has 1 aliphatic heterocycles. The molecule has 1 saturated heterocycles. The van der Waals surface area contributed by atoms with Gasteiger partial charge >= 0.3 is 0 Å². The van der Waals surface area contributed by atoms with Gasteiger partial charge in [-0.1, -0.05) is 6.07 Å². The van der Waals surface area contributed by atoms with E-state index in [0.717, 1.165) is 86.0 Å². The van der Waals surface area contributed by atoms with Crippen LogP contribution in [0.15, 0.2) is 23.3 Å². The molecular formula is C29H39N3O3. The first-order valence-electron chi connectivity index (χ1n) is 13.8. The van der Waals surface area contributed by atoms with E-state index >= 15 is 0 Å². The van der Waals surface area contributed by atoms with Crippen LogP contribution < -0.4 is 14.9 Å². The van der Waals surface area contributed by atoms with Crippen molar-refractivity contribution in [2.75, 3.05) is 27.8 Å². The number of hydrazone groups is 1. The smallest absolute Gasteiger partial charge is 0.246 e. The number of carbonyl (C=O) groups excluding carboxylic acids is 1. The van der Waals surface area contributed by atoms with Gasteiger partial charge in [0.05, 0.1) is 19.6 Å². The molecule has 8 atom stereocenters. The van der Waals surface area contributed by atoms with Gasteiger partial charge in [-0.25, -0.2) is 5.43 Å². The molecule has 0 radical (unpaired) electrons. The number of methoxy groups -OCH3 is 2. The molecule has 6 heteroatoms. The van der Waals surface area contributed by atoms with Crippen LogP contribution >= 0.6 is 0 Å². The lowest BCUT2D eigenvalue weighted by molar-refractivity contribution is -0.144. The van der Waals surface area contributed by atoms with Crippen molar-refractivity contribution in [2.45, 2.75) is 69.2 Å². The number of likely N-dealkylation sites (tertiary alicyclic amines) is 1. The second-order valence-electron chi connectivity index (χ2n) is 12.6. The standard InChI is InChI=1S/C29H39N3O3/c1-32-9-8-28(20-4-5-23(34-2)24(13-20)35-3)7-6-21(14-25(28)32)30-31-27(33)29-15-17-10-18-12-19(16-29)22(11-17)26(18)29/h4-5,13,17-19,22,25-26H,6-12,14-16H2,1-3H3,(H,31,33)/b30-21+/t17?,18?,19?,22?,25-,26?,28-,29?/m0/s1. The number of hydrogen-bond donors (Lipinski definition) is 1. The van der Waals surface area contributed by atoms with Crippen molar-refractivity contribution in [3.05, 3.63) is 23.8 Å². The third-order valence-electron chi connectivity index (χ3n) is 11.4. The molecule has 6 nitrogen and oxygen atoms in total. The van der Waals surface area contributed by atoms with Crippen LogP contribution in [0.4, 0.5) is 0 Å². The molecule has 1 aromatic rings. The normalized spacial score (nSPS) is 44.1. The minimum Gasteiger partial charge on any atom is -0.493 e. The monoisotopic (exact) mass is 477 g/mol. The molecule has 0 aromatic heterocycles. The number of amides is 1. The van der Waals surface area contributed by atoms with Gasteiger partial charge in [-0.15, -0.1) is 0 Å². The maximum Gasteiger partial charge on any atom is 0.246 e. The highest BCUT2D eigenvalue weighted by Crippen LogP contribution is 2.73. The molecule has 7 fully saturated rings. The summed E-state index contributed by atoms with van der Waals surface area (Å²) in [7, 11) is 5.63. The summed E-state index contributed by atoms with van der Waals surface area (Å²) in [6, 6.07) is 6.82. The molecule has 7 aliphatic rings. The van der Waals surface area contributed by atoms with Gasteiger partial charge in [-0.2, -0.15) is 5.10 Å². The number of rotatable bonds is 5. The van der Waals surface area contributed by atoms with Crippen LogP contribution in [0.5, 0.6) is 11.5 Å². The minimum absolute atomic E-state index is 0.0957. The molecule has 188 valence electrons. The maximum atomic E-state index is 13.6. The molecule has 0 spiro atoms. The van der Waals surface area contributed by atoms with Crippen LogP contribution in [0, 0.1) is 35.0 Å². The predicted molar refractivity (Wildman–Crippen MR) is 135 cm³/mol. The second-order valence-corrected chi connectivity index (χ2v) is 12.6. The van der Waals surface area contributed by atoms with E-state index in [1.54, 1.807) is 14.2 Å². The van der Waals surface area contributed by atoms with Crippen molar-refractivity contribution in [3.63, 3.8) is 0 Å². The molecule has 6 aliphatic carbocycles. The van der Waals surface area contributed by atoms with Gasteiger partial charge in [-0.3, -0.25) is 4.79 Å². The number of nitrogens with one attached hydrogen (secondary N) is 1. The first kappa shape index (κ1) is 22.1. The van der Waals surface area contributed by atoms with Crippen LogP contribution in [-0.2, 0) is 10.2 Å². The Morgan fingerprint density at radius 3 is 2.74 bits per heavy atom. The molecule has 1 N–H and O–H groups in total. The Bertz CT molecular complexity index is 1080. The van der Waals surface area contributed by atoms with Gasteiger partial charge in [0, 0.05) is 23.6 Å². The zero-order chi connectivity index (χ0) is 23.9. The van der Waals surface area contributed by atoms with Gasteiger partial charge in [0.25, 0.3) is 0 Å². The number of benzene rings is 1. The summed E-state index contributed by atoms with van der Waals surface area (Å²) in [5.74, 6) is 5.69. The average Bonchev–Trinajstić information content (AvgIpc) is 3.44. The fraction of sp³-hybridized carbons (Fsp3) is 0.724. The molecule has 6 unspecified atom stereocenters. The van der Waals surface area contributed by atoms with Gasteiger partial charge in [-0.05, 0) is 112 Å². The Kier molecular flexibility index (Phi) is 4.88. The molecule has 8 rings (SSSR count). The van der Waals surface area contributed by atoms with Crippen molar-refractivity contribution in [3.8, 4) is 11.5 Å². The van der Waals surface area contributed by atoms with Crippen LogP contribution in [0.3, 0.4) is 0 Å². The van der Waals surface area contributed by atoms with E-state index in [9.17, 15) is 4.79 Å². The highest BCUT2D eigenvalue weighted by Gasteiger charge is 2.70. The first-order chi connectivity index (χ1) is 17.0. The summed E-state index contributed by atoms with van der Waals surface area (Å²) >= 11 is 0. The summed E-state index contributed by atoms with van der Waals surface area (Å²) in [6.07, 6.45) is 10.4. The number of ether oxygens (including phenoxy) is 2. The Labute approximate surface area is 208 Å². The fourth-order valence-corrected chi connectivity index (χ4v) is 10.2. The average molecular weight is 478 g/mol. The van der Waals surface area contributed by atoms with Crippen molar-refractivity contribution in [1.82, 2.24) is 10.3 Å². The first-order valence-corrected chi connectivity index (χ1v) is 13.8. The lowest BCUT2D eigenvalue weighted by atomic mass is 9.52. The summed E-state index contributed by atoms with van der Waals surface area (Å²) in [5.41, 5.74) is 5.62. The zero-order valence-electron chi connectivity index (χ0n) is 21.4. The minimum atomic E-state index is -0.105. The summed E-state index contributed by atoms with van der Waals surface area (Å²) in [5, 5.41) is 4.82. The topological polar surface area (TPSA) is 63.2 Å². The van der Waals surface area contributed by atoms with E-state index in [1.807, 2.05) is 6.07 Å². The molecular weight excluding hydrogens is 438 g/mol. The van der Waals surface area contributed by atoms with Crippen LogP contribution in [-0.4, -0.2) is 50.4 Å². The number of nitrogens with zero attached hydrogens (tertiary/aromatic N) is 2. The van der Waals surface area contributed by atoms with Gasteiger partial charge in [0.2, 0.25) is 5.91 Å². The van der Waals surface area contributed by atoms with E-state index in [4.69, 9.17) is 14.6 Å². The molecule has 6 saturated carbocycles. The lowest BCUT2D eigenvalue weighted by Gasteiger charge is -2.51. The second kappa shape index (κ2) is 7.71. The number of fused-ring (bicyclic) bond motifs is 1. The number of carbonyl (C=O) groups is 1. The number of likely N-dealkylation sites (N-methyl/N-ethyl adjacent to an activating group) is 1. The third-order valence-corrected chi connectivity index (χ3v) is 11.4. The Balaban J connectivity index is 1.10. The van der Waals surface area contributed by atoms with E-state index in [2.05, 4.69) is 29.5 Å². The zero-order valence-corrected chi connectivity index (χ0v) is 21.4. The Hall–Kier alpha value is -2.08. The fourth-order valence-electron chi connectivity index (χ4n) is 10.2. The molecule has 1 aromatic carbocycles. The van der Waals surface area contributed by atoms with E-state index < -0.39 is 0 Å². The van der Waals surface area contributed by atoms with Crippen molar-refractivity contribution < 1.29 is 14.3 Å². The van der Waals surface area contributed by atoms with Crippen LogP contribution in [0.25, 0.3) is 0 Å². The van der Waals surface area contributed by atoms with Crippen LogP contribution in [0.2, 0.25) is 0 Å². The lowest BCUT2D eigenvalue weighted by Crippen LogP contribution is -2.53. The Morgan fingerprint density at radius 1 is 1.09 bits per heavy atom. The maximum absolute atomic E-state index is 13.6. The highest BCUT2D eigenvalue weighted by molar-refractivity contribution is 5.90. The summed E-state index contributed by atoms with van der Waals surface area (Å²) in [6.45, 7) is 1.08. The van der Waals surface area contributed by atoms with E-state index in [-0.39, 0.29) is 16.7 Å². The largest absolute Gasteiger partial charge is 0.493 e. The predicted octanol–water partition coefficient (Wildman–Crippen LogP) is 4.37. The number of hydrogen-bond acceptors (Lipinski definition) is 5. The van der Waals surface area contributed by atoms with E-state index in [0.29, 0.717) is 12.0 Å². The quantitative estimate of drug-likeness (QED) is 0.640. The van der Waals surface area contributed by atoms with E-state index in [1.165, 1.54) is 24.8 Å². The van der Waals surface area contributed by atoms with Gasteiger partial charge < -0.3 is 14.4 Å². The summed E-state index contributed by atoms with van der Waals surface area (Å²) < 4.78 is 11.1. The van der Waals surface area contributed by atoms with Gasteiger partial charge in [0.1, 0.15) is 0 Å². The molecule has 6 bridgehead atoms. The Morgan fingerprint density at radius 2 is 1.94 bits per heavy atom.